The van der Waals surface area contributed by atoms with Gasteiger partial charge in [0.05, 0.1) is 19.8 Å². The van der Waals surface area contributed by atoms with Crippen molar-refractivity contribution in [2.45, 2.75) is 25.8 Å². The summed E-state index contributed by atoms with van der Waals surface area (Å²) in [5.41, 5.74) is 2.14. The number of carbonyl (C=O) groups excluding carboxylic acids is 2. The topological polar surface area (TPSA) is 76.1 Å². The van der Waals surface area contributed by atoms with Crippen LogP contribution in [0.1, 0.15) is 41.8 Å². The average molecular weight is 464 g/mol. The van der Waals surface area contributed by atoms with Crippen LogP contribution in [0.3, 0.4) is 0 Å². The largest absolute Gasteiger partial charge is 0.507 e. The summed E-state index contributed by atoms with van der Waals surface area (Å²) in [5.74, 6) is -0.412. The second kappa shape index (κ2) is 9.11. The van der Waals surface area contributed by atoms with Crippen molar-refractivity contribution < 1.29 is 24.2 Å². The molecule has 1 aliphatic heterocycles. The summed E-state index contributed by atoms with van der Waals surface area (Å²) in [6.45, 7) is 4.19. The Balaban J connectivity index is 1.87. The quantitative estimate of drug-likeness (QED) is 0.296. The Kier molecular flexibility index (Phi) is 6.24. The van der Waals surface area contributed by atoms with Crippen molar-refractivity contribution >= 4 is 34.5 Å². The van der Waals surface area contributed by atoms with E-state index in [0.29, 0.717) is 28.7 Å². The molecule has 1 fully saturated rings. The number of nitrogens with zero attached hydrogens (tertiary/aromatic N) is 1. The van der Waals surface area contributed by atoms with Gasteiger partial charge in [-0.05, 0) is 53.3 Å². The number of aliphatic hydroxyl groups is 1. The first-order chi connectivity index (χ1) is 15.9. The number of Topliss-reactive ketones (excluding diaryl/α,β-unsaturated/α-hetero) is 1. The number of aliphatic hydroxyl groups excluding tert-OH is 1. The Morgan fingerprint density at radius 2 is 1.70 bits per heavy atom. The third kappa shape index (κ3) is 4.00. The first-order valence-corrected chi connectivity index (χ1v) is 11.4. The molecular weight excluding hydrogens is 438 g/mol. The first kappa shape index (κ1) is 22.6. The number of amides is 1. The minimum absolute atomic E-state index is 0.0441. The van der Waals surface area contributed by atoms with Gasteiger partial charge in [-0.2, -0.15) is 0 Å². The minimum atomic E-state index is -0.733. The highest BCUT2D eigenvalue weighted by molar-refractivity contribution is 7.10. The third-order valence-corrected chi connectivity index (χ3v) is 6.68. The van der Waals surface area contributed by atoms with Crippen molar-refractivity contribution in [3.05, 3.63) is 81.6 Å². The summed E-state index contributed by atoms with van der Waals surface area (Å²) < 4.78 is 10.6. The maximum absolute atomic E-state index is 13.2. The van der Waals surface area contributed by atoms with Crippen LogP contribution in [0.15, 0.2) is 65.6 Å². The van der Waals surface area contributed by atoms with E-state index in [9.17, 15) is 14.7 Å². The van der Waals surface area contributed by atoms with Gasteiger partial charge < -0.3 is 14.6 Å². The summed E-state index contributed by atoms with van der Waals surface area (Å²) in [6.07, 6.45) is 0. The van der Waals surface area contributed by atoms with Gasteiger partial charge in [-0.15, -0.1) is 11.3 Å². The fourth-order valence-corrected chi connectivity index (χ4v) is 4.80. The van der Waals surface area contributed by atoms with E-state index in [1.807, 2.05) is 41.8 Å². The number of ketones is 1. The second-order valence-electron chi connectivity index (χ2n) is 8.00. The average Bonchev–Trinajstić information content (AvgIpc) is 3.45. The van der Waals surface area contributed by atoms with Gasteiger partial charge in [0.15, 0.2) is 11.5 Å². The highest BCUT2D eigenvalue weighted by Crippen LogP contribution is 2.44. The van der Waals surface area contributed by atoms with Crippen LogP contribution in [-0.4, -0.2) is 31.0 Å². The number of methoxy groups -OCH3 is 2. The monoisotopic (exact) mass is 463 g/mol. The molecule has 1 amide bonds. The Labute approximate surface area is 196 Å². The van der Waals surface area contributed by atoms with E-state index in [2.05, 4.69) is 13.8 Å². The van der Waals surface area contributed by atoms with E-state index >= 15 is 0 Å². The summed E-state index contributed by atoms with van der Waals surface area (Å²) in [4.78, 5) is 28.6. The lowest BCUT2D eigenvalue weighted by molar-refractivity contribution is -0.132. The van der Waals surface area contributed by atoms with Crippen LogP contribution in [0.5, 0.6) is 11.5 Å². The van der Waals surface area contributed by atoms with E-state index in [4.69, 9.17) is 9.47 Å². The van der Waals surface area contributed by atoms with Crippen LogP contribution < -0.4 is 14.4 Å². The van der Waals surface area contributed by atoms with Crippen molar-refractivity contribution in [1.82, 2.24) is 0 Å². The molecule has 0 saturated carbocycles. The van der Waals surface area contributed by atoms with Crippen molar-refractivity contribution in [2.75, 3.05) is 19.1 Å². The van der Waals surface area contributed by atoms with Gasteiger partial charge in [-0.3, -0.25) is 14.5 Å². The van der Waals surface area contributed by atoms with Gasteiger partial charge in [0, 0.05) is 16.1 Å². The predicted octanol–water partition coefficient (Wildman–Crippen LogP) is 5.52. The van der Waals surface area contributed by atoms with Crippen LogP contribution in [0.25, 0.3) is 5.76 Å². The number of hydrogen-bond acceptors (Lipinski definition) is 6. The maximum Gasteiger partial charge on any atom is 0.300 e. The summed E-state index contributed by atoms with van der Waals surface area (Å²) in [5, 5.41) is 13.1. The highest BCUT2D eigenvalue weighted by atomic mass is 32.1. The molecule has 170 valence electrons. The van der Waals surface area contributed by atoms with Crippen LogP contribution in [-0.2, 0) is 9.59 Å². The molecule has 2 heterocycles. The van der Waals surface area contributed by atoms with Gasteiger partial charge in [0.25, 0.3) is 11.7 Å². The number of benzene rings is 2. The fourth-order valence-electron chi connectivity index (χ4n) is 3.97. The second-order valence-corrected chi connectivity index (χ2v) is 8.98. The molecule has 1 atom stereocenters. The SMILES string of the molecule is COc1ccc(/C(O)=C2/C(=O)C(=O)N(c3ccc(C(C)C)cc3)C2c2cccs2)cc1OC. The van der Waals surface area contributed by atoms with Crippen LogP contribution in [0.4, 0.5) is 5.69 Å². The maximum atomic E-state index is 13.2. The molecule has 1 N–H and O–H groups in total. The summed E-state index contributed by atoms with van der Waals surface area (Å²) in [7, 11) is 3.01. The highest BCUT2D eigenvalue weighted by Gasteiger charge is 2.47. The number of carbonyl (C=O) groups is 2. The Hall–Kier alpha value is -3.58. The fraction of sp³-hybridized carbons (Fsp3) is 0.231. The molecular formula is C26H25NO5S. The standard InChI is InChI=1S/C26H25NO5S/c1-15(2)16-7-10-18(11-8-16)27-23(21-6-5-13-33-21)22(25(29)26(27)30)24(28)17-9-12-19(31-3)20(14-17)32-4/h5-15,23,28H,1-4H3/b24-22-. The van der Waals surface area contributed by atoms with Gasteiger partial charge in [-0.1, -0.05) is 32.0 Å². The molecule has 2 aromatic carbocycles. The van der Waals surface area contributed by atoms with E-state index in [-0.39, 0.29) is 11.3 Å². The van der Waals surface area contributed by atoms with Crippen molar-refractivity contribution in [1.29, 1.82) is 0 Å². The minimum Gasteiger partial charge on any atom is -0.507 e. The number of rotatable bonds is 6. The Morgan fingerprint density at radius 1 is 1.00 bits per heavy atom. The zero-order valence-corrected chi connectivity index (χ0v) is 19.7. The van der Waals surface area contributed by atoms with Gasteiger partial charge in [-0.25, -0.2) is 0 Å². The molecule has 0 radical (unpaired) electrons. The predicted molar refractivity (Wildman–Crippen MR) is 129 cm³/mol. The smallest absolute Gasteiger partial charge is 0.300 e. The molecule has 0 bridgehead atoms. The van der Waals surface area contributed by atoms with Gasteiger partial charge >= 0.3 is 0 Å². The molecule has 7 heteroatoms. The lowest BCUT2D eigenvalue weighted by Crippen LogP contribution is -2.29. The molecule has 0 aliphatic carbocycles. The third-order valence-electron chi connectivity index (χ3n) is 5.75. The molecule has 4 rings (SSSR count). The van der Waals surface area contributed by atoms with Crippen LogP contribution >= 0.6 is 11.3 Å². The summed E-state index contributed by atoms with van der Waals surface area (Å²) in [6, 6.07) is 15.5. The molecule has 0 spiro atoms. The molecule has 3 aromatic rings. The molecule has 33 heavy (non-hydrogen) atoms. The molecule has 1 aromatic heterocycles. The Bertz CT molecular complexity index is 1210. The van der Waals surface area contributed by atoms with Gasteiger partial charge in [0.2, 0.25) is 0 Å². The zero-order valence-electron chi connectivity index (χ0n) is 18.9. The van der Waals surface area contributed by atoms with Crippen molar-refractivity contribution in [3.63, 3.8) is 0 Å². The lowest BCUT2D eigenvalue weighted by atomic mass is 9.99. The molecule has 1 aliphatic rings. The van der Waals surface area contributed by atoms with E-state index in [1.165, 1.54) is 30.5 Å². The number of anilines is 1. The number of hydrogen-bond donors (Lipinski definition) is 1. The van der Waals surface area contributed by atoms with Gasteiger partial charge in [0.1, 0.15) is 11.8 Å². The lowest BCUT2D eigenvalue weighted by Gasteiger charge is -2.24. The number of ether oxygens (including phenoxy) is 2. The van der Waals surface area contributed by atoms with Crippen LogP contribution in [0, 0.1) is 0 Å². The van der Waals surface area contributed by atoms with Crippen molar-refractivity contribution in [2.24, 2.45) is 0 Å². The van der Waals surface area contributed by atoms with Crippen molar-refractivity contribution in [3.8, 4) is 11.5 Å². The summed E-state index contributed by atoms with van der Waals surface area (Å²) >= 11 is 1.42. The number of thiophene rings is 1. The van der Waals surface area contributed by atoms with Crippen LogP contribution in [0.2, 0.25) is 0 Å². The van der Waals surface area contributed by atoms with E-state index in [0.717, 1.165) is 10.4 Å². The molecule has 1 saturated heterocycles. The molecule has 6 nitrogen and oxygen atoms in total. The molecule has 1 unspecified atom stereocenters. The Morgan fingerprint density at radius 3 is 2.27 bits per heavy atom. The first-order valence-electron chi connectivity index (χ1n) is 10.5. The van der Waals surface area contributed by atoms with E-state index < -0.39 is 17.7 Å². The van der Waals surface area contributed by atoms with E-state index in [1.54, 1.807) is 18.2 Å². The normalized spacial score (nSPS) is 17.6. The zero-order chi connectivity index (χ0) is 23.7.